The van der Waals surface area contributed by atoms with Crippen molar-refractivity contribution in [2.75, 3.05) is 20.3 Å². The van der Waals surface area contributed by atoms with Gasteiger partial charge in [-0.15, -0.1) is 0 Å². The van der Waals surface area contributed by atoms with Gasteiger partial charge in [0.25, 0.3) is 5.91 Å². The average molecular weight is 296 g/mol. The Morgan fingerprint density at radius 3 is 2.67 bits per heavy atom. The number of carbonyl (C=O) groups is 2. The first-order valence-electron chi connectivity index (χ1n) is 6.25. The van der Waals surface area contributed by atoms with Gasteiger partial charge in [-0.1, -0.05) is 6.92 Å². The third kappa shape index (κ3) is 4.75. The number of nitro benzene ring substituents is 1. The summed E-state index contributed by atoms with van der Waals surface area (Å²) in [5, 5.41) is 13.6. The monoisotopic (exact) mass is 296 g/mol. The molecule has 8 heteroatoms. The number of carbonyl (C=O) groups excluding carboxylic acids is 2. The van der Waals surface area contributed by atoms with E-state index in [0.29, 0.717) is 6.54 Å². The Kier molecular flexibility index (Phi) is 6.12. The maximum atomic E-state index is 11.4. The predicted octanol–water partition coefficient (Wildman–Crippen LogP) is 1.29. The number of methoxy groups -OCH3 is 1. The Morgan fingerprint density at radius 1 is 1.38 bits per heavy atom. The largest absolute Gasteiger partial charge is 0.477 e. The summed E-state index contributed by atoms with van der Waals surface area (Å²) in [4.78, 5) is 33.0. The van der Waals surface area contributed by atoms with Gasteiger partial charge in [0.05, 0.1) is 17.6 Å². The van der Waals surface area contributed by atoms with E-state index in [9.17, 15) is 19.7 Å². The highest BCUT2D eigenvalue weighted by Gasteiger charge is 2.19. The van der Waals surface area contributed by atoms with Crippen LogP contribution in [0.2, 0.25) is 0 Å². The lowest BCUT2D eigenvalue weighted by Gasteiger charge is -2.08. The molecular weight excluding hydrogens is 280 g/mol. The summed E-state index contributed by atoms with van der Waals surface area (Å²) in [5.74, 6) is -1.15. The number of hydrogen-bond donors (Lipinski definition) is 1. The average Bonchev–Trinajstić information content (AvgIpc) is 2.49. The molecule has 0 fully saturated rings. The first-order chi connectivity index (χ1) is 9.99. The molecule has 0 aliphatic carbocycles. The van der Waals surface area contributed by atoms with Crippen LogP contribution < -0.4 is 10.1 Å². The van der Waals surface area contributed by atoms with Crippen LogP contribution in [0.5, 0.6) is 5.75 Å². The minimum atomic E-state index is -0.690. The van der Waals surface area contributed by atoms with Gasteiger partial charge in [0.2, 0.25) is 0 Å². The van der Waals surface area contributed by atoms with E-state index in [2.05, 4.69) is 10.1 Å². The summed E-state index contributed by atoms with van der Waals surface area (Å²) < 4.78 is 9.61. The zero-order valence-corrected chi connectivity index (χ0v) is 11.8. The topological polar surface area (TPSA) is 108 Å². The first kappa shape index (κ1) is 16.4. The smallest absolute Gasteiger partial charge is 0.338 e. The third-order valence-electron chi connectivity index (χ3n) is 2.51. The van der Waals surface area contributed by atoms with Crippen LogP contribution in [0.1, 0.15) is 23.7 Å². The fraction of sp³-hybridized carbons (Fsp3) is 0.385. The van der Waals surface area contributed by atoms with Gasteiger partial charge in [-0.3, -0.25) is 14.9 Å². The molecule has 0 aliphatic heterocycles. The minimum Gasteiger partial charge on any atom is -0.477 e. The number of rotatable bonds is 7. The summed E-state index contributed by atoms with van der Waals surface area (Å²) in [6, 6.07) is 3.64. The lowest BCUT2D eigenvalue weighted by atomic mass is 10.2. The van der Waals surface area contributed by atoms with Crippen LogP contribution in [0.3, 0.4) is 0 Å². The molecule has 1 aromatic carbocycles. The van der Waals surface area contributed by atoms with Crippen LogP contribution in [0.15, 0.2) is 18.2 Å². The molecule has 0 aromatic heterocycles. The summed E-state index contributed by atoms with van der Waals surface area (Å²) in [6.45, 7) is 2.07. The van der Waals surface area contributed by atoms with Crippen molar-refractivity contribution >= 4 is 17.6 Å². The molecule has 1 N–H and O–H groups in total. The molecule has 1 aromatic rings. The van der Waals surface area contributed by atoms with Crippen molar-refractivity contribution in [2.45, 2.75) is 13.3 Å². The number of nitro groups is 1. The summed E-state index contributed by atoms with van der Waals surface area (Å²) in [7, 11) is 1.18. The normalized spacial score (nSPS) is 9.81. The molecule has 8 nitrogen and oxygen atoms in total. The maximum absolute atomic E-state index is 11.4. The van der Waals surface area contributed by atoms with Crippen LogP contribution >= 0.6 is 0 Å². The zero-order valence-electron chi connectivity index (χ0n) is 11.8. The minimum absolute atomic E-state index is 0.0342. The van der Waals surface area contributed by atoms with Gasteiger partial charge < -0.3 is 14.8 Å². The number of hydrogen-bond acceptors (Lipinski definition) is 6. The van der Waals surface area contributed by atoms with Crippen molar-refractivity contribution in [1.29, 1.82) is 0 Å². The van der Waals surface area contributed by atoms with Crippen molar-refractivity contribution in [2.24, 2.45) is 0 Å². The lowest BCUT2D eigenvalue weighted by molar-refractivity contribution is -0.385. The molecule has 0 heterocycles. The zero-order chi connectivity index (χ0) is 15.8. The Hall–Kier alpha value is -2.64. The Bertz CT molecular complexity index is 543. The van der Waals surface area contributed by atoms with Gasteiger partial charge in [0.1, 0.15) is 0 Å². The highest BCUT2D eigenvalue weighted by molar-refractivity contribution is 5.90. The molecule has 114 valence electrons. The van der Waals surface area contributed by atoms with E-state index in [4.69, 9.17) is 4.74 Å². The van der Waals surface area contributed by atoms with Crippen LogP contribution in [-0.4, -0.2) is 37.1 Å². The number of ether oxygens (including phenoxy) is 2. The van der Waals surface area contributed by atoms with Crippen molar-refractivity contribution in [3.8, 4) is 5.75 Å². The quantitative estimate of drug-likeness (QED) is 0.461. The summed E-state index contributed by atoms with van der Waals surface area (Å²) in [5.41, 5.74) is -0.367. The maximum Gasteiger partial charge on any atom is 0.338 e. The van der Waals surface area contributed by atoms with Gasteiger partial charge in [-0.25, -0.2) is 4.79 Å². The summed E-state index contributed by atoms with van der Waals surface area (Å²) in [6.07, 6.45) is 0.777. The van der Waals surface area contributed by atoms with E-state index in [1.165, 1.54) is 19.2 Å². The molecule has 1 rings (SSSR count). The van der Waals surface area contributed by atoms with E-state index in [-0.39, 0.29) is 23.8 Å². The molecule has 0 aliphatic rings. The van der Waals surface area contributed by atoms with Crippen LogP contribution in [0.25, 0.3) is 0 Å². The predicted molar refractivity (Wildman–Crippen MR) is 73.2 cm³/mol. The number of amides is 1. The van der Waals surface area contributed by atoms with Crippen molar-refractivity contribution in [1.82, 2.24) is 5.32 Å². The van der Waals surface area contributed by atoms with Crippen LogP contribution in [0.4, 0.5) is 5.69 Å². The number of nitrogens with zero attached hydrogens (tertiary/aromatic N) is 1. The molecule has 0 atom stereocenters. The van der Waals surface area contributed by atoms with Gasteiger partial charge in [-0.05, 0) is 18.6 Å². The fourth-order valence-electron chi connectivity index (χ4n) is 1.49. The van der Waals surface area contributed by atoms with Gasteiger partial charge >= 0.3 is 11.7 Å². The second-order valence-corrected chi connectivity index (χ2v) is 4.07. The molecule has 0 radical (unpaired) electrons. The van der Waals surface area contributed by atoms with E-state index in [1.807, 2.05) is 6.92 Å². The van der Waals surface area contributed by atoms with Crippen molar-refractivity contribution in [3.63, 3.8) is 0 Å². The third-order valence-corrected chi connectivity index (χ3v) is 2.51. The van der Waals surface area contributed by atoms with Gasteiger partial charge in [-0.2, -0.15) is 0 Å². The molecule has 0 saturated heterocycles. The van der Waals surface area contributed by atoms with Crippen molar-refractivity contribution < 1.29 is 24.0 Å². The van der Waals surface area contributed by atoms with Gasteiger partial charge in [0.15, 0.2) is 12.4 Å². The van der Waals surface area contributed by atoms with Crippen molar-refractivity contribution in [3.05, 3.63) is 33.9 Å². The second-order valence-electron chi connectivity index (χ2n) is 4.07. The number of benzene rings is 1. The van der Waals surface area contributed by atoms with E-state index in [0.717, 1.165) is 12.5 Å². The fourth-order valence-corrected chi connectivity index (χ4v) is 1.49. The van der Waals surface area contributed by atoms with Crippen LogP contribution in [-0.2, 0) is 9.53 Å². The van der Waals surface area contributed by atoms with E-state index in [1.54, 1.807) is 0 Å². The van der Waals surface area contributed by atoms with E-state index < -0.39 is 16.6 Å². The summed E-state index contributed by atoms with van der Waals surface area (Å²) >= 11 is 0. The molecule has 21 heavy (non-hydrogen) atoms. The Morgan fingerprint density at radius 2 is 2.10 bits per heavy atom. The Balaban J connectivity index is 2.84. The molecule has 0 saturated carbocycles. The van der Waals surface area contributed by atoms with Crippen LogP contribution in [0, 0.1) is 10.1 Å². The molecule has 0 bridgehead atoms. The Labute approximate surface area is 121 Å². The lowest BCUT2D eigenvalue weighted by Crippen LogP contribution is -2.29. The van der Waals surface area contributed by atoms with Gasteiger partial charge in [0, 0.05) is 12.6 Å². The molecular formula is C13H16N2O6. The molecule has 1 amide bonds. The molecule has 0 unspecified atom stereocenters. The first-order valence-corrected chi connectivity index (χ1v) is 6.25. The number of esters is 1. The number of nitrogens with one attached hydrogen (secondary N) is 1. The van der Waals surface area contributed by atoms with E-state index >= 15 is 0 Å². The SMILES string of the molecule is CCCNC(=O)COc1ccc(C(=O)OC)cc1[N+](=O)[O-]. The molecule has 0 spiro atoms. The second kappa shape index (κ2) is 7.83. The standard InChI is InChI=1S/C13H16N2O6/c1-3-6-14-12(16)8-21-11-5-4-9(13(17)20-2)7-10(11)15(18)19/h4-5,7H,3,6,8H2,1-2H3,(H,14,16). The highest BCUT2D eigenvalue weighted by Crippen LogP contribution is 2.28. The highest BCUT2D eigenvalue weighted by atomic mass is 16.6.